The van der Waals surface area contributed by atoms with Crippen molar-refractivity contribution in [2.45, 2.75) is 6.92 Å². The van der Waals surface area contributed by atoms with E-state index in [0.717, 1.165) is 33.8 Å². The van der Waals surface area contributed by atoms with Gasteiger partial charge in [-0.3, -0.25) is 5.10 Å². The maximum Gasteiger partial charge on any atom is 0.118 e. The van der Waals surface area contributed by atoms with Crippen LogP contribution in [-0.4, -0.2) is 27.5 Å². The Kier molecular flexibility index (Phi) is 3.96. The standard InChI is InChI=1S/C17H16N4O/c1-12-9-10-18-20-16(12)8-5-14-11-19-21-17(14)13-3-6-15(22-2)7-4-13/h3-11H,1-2H3,(H,19,21)/b8-5+. The van der Waals surface area contributed by atoms with Crippen molar-refractivity contribution in [2.75, 3.05) is 7.11 Å². The number of methoxy groups -OCH3 is 1. The molecule has 0 saturated carbocycles. The van der Waals surface area contributed by atoms with Crippen LogP contribution in [0, 0.1) is 6.92 Å². The van der Waals surface area contributed by atoms with Gasteiger partial charge >= 0.3 is 0 Å². The number of aryl methyl sites for hydroxylation is 1. The molecule has 3 aromatic rings. The van der Waals surface area contributed by atoms with Crippen LogP contribution in [0.25, 0.3) is 23.4 Å². The van der Waals surface area contributed by atoms with Crippen LogP contribution < -0.4 is 4.74 Å². The summed E-state index contributed by atoms with van der Waals surface area (Å²) in [5.74, 6) is 0.829. The van der Waals surface area contributed by atoms with Gasteiger partial charge in [-0.05, 0) is 55.0 Å². The van der Waals surface area contributed by atoms with Gasteiger partial charge in [-0.15, -0.1) is 0 Å². The van der Waals surface area contributed by atoms with Crippen molar-refractivity contribution in [3.8, 4) is 17.0 Å². The first-order valence-corrected chi connectivity index (χ1v) is 6.92. The van der Waals surface area contributed by atoms with Gasteiger partial charge in [0.1, 0.15) is 5.75 Å². The number of benzene rings is 1. The maximum atomic E-state index is 5.18. The normalized spacial score (nSPS) is 11.0. The van der Waals surface area contributed by atoms with E-state index in [1.165, 1.54) is 0 Å². The number of hydrogen-bond acceptors (Lipinski definition) is 4. The van der Waals surface area contributed by atoms with Crippen molar-refractivity contribution in [3.63, 3.8) is 0 Å². The Balaban J connectivity index is 1.90. The molecule has 0 aliphatic heterocycles. The predicted octanol–water partition coefficient (Wildman–Crippen LogP) is 3.35. The number of hydrogen-bond donors (Lipinski definition) is 1. The molecule has 0 aliphatic carbocycles. The summed E-state index contributed by atoms with van der Waals surface area (Å²) in [6, 6.07) is 9.79. The molecule has 0 saturated heterocycles. The molecule has 0 amide bonds. The molecular weight excluding hydrogens is 276 g/mol. The number of rotatable bonds is 4. The fourth-order valence-corrected chi connectivity index (χ4v) is 2.15. The monoisotopic (exact) mass is 292 g/mol. The molecule has 110 valence electrons. The van der Waals surface area contributed by atoms with E-state index >= 15 is 0 Å². The summed E-state index contributed by atoms with van der Waals surface area (Å²) in [6.07, 6.45) is 7.41. The highest BCUT2D eigenvalue weighted by molar-refractivity contribution is 5.78. The third-order valence-electron chi connectivity index (χ3n) is 3.43. The predicted molar refractivity (Wildman–Crippen MR) is 86.3 cm³/mol. The molecule has 0 spiro atoms. The number of nitrogens with zero attached hydrogens (tertiary/aromatic N) is 3. The average molecular weight is 292 g/mol. The van der Waals surface area contributed by atoms with E-state index in [-0.39, 0.29) is 0 Å². The second kappa shape index (κ2) is 6.22. The first kappa shape index (κ1) is 14.0. The van der Waals surface area contributed by atoms with Crippen LogP contribution in [0.2, 0.25) is 0 Å². The third kappa shape index (κ3) is 2.88. The lowest BCUT2D eigenvalue weighted by Gasteiger charge is -2.03. The van der Waals surface area contributed by atoms with E-state index in [1.54, 1.807) is 19.5 Å². The molecule has 0 unspecified atom stereocenters. The first-order valence-electron chi connectivity index (χ1n) is 6.92. The van der Waals surface area contributed by atoms with Crippen molar-refractivity contribution < 1.29 is 4.74 Å². The SMILES string of the molecule is COc1ccc(-c2[nH]ncc2/C=C/c2nnccc2C)cc1. The zero-order valence-electron chi connectivity index (χ0n) is 12.4. The van der Waals surface area contributed by atoms with Gasteiger partial charge in [0.25, 0.3) is 0 Å². The summed E-state index contributed by atoms with van der Waals surface area (Å²) in [4.78, 5) is 0. The Bertz CT molecular complexity index is 790. The molecule has 0 fully saturated rings. The van der Waals surface area contributed by atoms with Gasteiger partial charge in [-0.1, -0.05) is 0 Å². The van der Waals surface area contributed by atoms with Crippen molar-refractivity contribution in [1.29, 1.82) is 0 Å². The maximum absolute atomic E-state index is 5.18. The van der Waals surface area contributed by atoms with Gasteiger partial charge in [0, 0.05) is 17.3 Å². The zero-order valence-corrected chi connectivity index (χ0v) is 12.4. The molecule has 0 atom stereocenters. The second-order valence-electron chi connectivity index (χ2n) is 4.86. The number of nitrogens with one attached hydrogen (secondary N) is 1. The molecular formula is C17H16N4O. The summed E-state index contributed by atoms with van der Waals surface area (Å²) in [5.41, 5.74) is 4.94. The summed E-state index contributed by atoms with van der Waals surface area (Å²) < 4.78 is 5.18. The van der Waals surface area contributed by atoms with Crippen LogP contribution in [0.5, 0.6) is 5.75 Å². The van der Waals surface area contributed by atoms with Crippen LogP contribution >= 0.6 is 0 Å². The minimum Gasteiger partial charge on any atom is -0.497 e. The van der Waals surface area contributed by atoms with Gasteiger partial charge in [0.2, 0.25) is 0 Å². The Morgan fingerprint density at radius 3 is 2.64 bits per heavy atom. The summed E-state index contributed by atoms with van der Waals surface area (Å²) in [5, 5.41) is 15.2. The lowest BCUT2D eigenvalue weighted by molar-refractivity contribution is 0.415. The molecule has 2 heterocycles. The molecule has 0 radical (unpaired) electrons. The average Bonchev–Trinajstić information content (AvgIpc) is 3.03. The topological polar surface area (TPSA) is 63.7 Å². The lowest BCUT2D eigenvalue weighted by atomic mass is 10.1. The Morgan fingerprint density at radius 2 is 1.91 bits per heavy atom. The van der Waals surface area contributed by atoms with E-state index in [2.05, 4.69) is 20.4 Å². The summed E-state index contributed by atoms with van der Waals surface area (Å²) in [6.45, 7) is 2.01. The van der Waals surface area contributed by atoms with Crippen LogP contribution in [0.4, 0.5) is 0 Å². The Morgan fingerprint density at radius 1 is 1.09 bits per heavy atom. The second-order valence-corrected chi connectivity index (χ2v) is 4.86. The first-order chi connectivity index (χ1) is 10.8. The highest BCUT2D eigenvalue weighted by Crippen LogP contribution is 2.25. The van der Waals surface area contributed by atoms with Crippen LogP contribution in [0.3, 0.4) is 0 Å². The van der Waals surface area contributed by atoms with Crippen LogP contribution in [-0.2, 0) is 0 Å². The number of aromatic amines is 1. The number of H-pyrrole nitrogens is 1. The van der Waals surface area contributed by atoms with Gasteiger partial charge in [0.05, 0.1) is 24.7 Å². The molecule has 22 heavy (non-hydrogen) atoms. The van der Waals surface area contributed by atoms with Crippen molar-refractivity contribution >= 4 is 12.2 Å². The lowest BCUT2D eigenvalue weighted by Crippen LogP contribution is -1.88. The molecule has 0 bridgehead atoms. The van der Waals surface area contributed by atoms with E-state index in [0.29, 0.717) is 0 Å². The molecule has 5 heteroatoms. The van der Waals surface area contributed by atoms with E-state index in [1.807, 2.05) is 49.4 Å². The molecule has 2 aromatic heterocycles. The highest BCUT2D eigenvalue weighted by Gasteiger charge is 2.06. The van der Waals surface area contributed by atoms with Crippen molar-refractivity contribution in [2.24, 2.45) is 0 Å². The van der Waals surface area contributed by atoms with E-state index in [9.17, 15) is 0 Å². The Labute approximate surface area is 128 Å². The van der Waals surface area contributed by atoms with Crippen molar-refractivity contribution in [3.05, 3.63) is 59.5 Å². The number of ether oxygens (including phenoxy) is 1. The minimum atomic E-state index is 0.829. The van der Waals surface area contributed by atoms with Gasteiger partial charge in [-0.2, -0.15) is 15.3 Å². The molecule has 0 aliphatic rings. The van der Waals surface area contributed by atoms with Gasteiger partial charge in [-0.25, -0.2) is 0 Å². The molecule has 3 rings (SSSR count). The number of aromatic nitrogens is 4. The van der Waals surface area contributed by atoms with E-state index in [4.69, 9.17) is 4.74 Å². The smallest absolute Gasteiger partial charge is 0.118 e. The molecule has 1 N–H and O–H groups in total. The summed E-state index contributed by atoms with van der Waals surface area (Å²) in [7, 11) is 1.66. The molecule has 5 nitrogen and oxygen atoms in total. The van der Waals surface area contributed by atoms with Crippen LogP contribution in [0.15, 0.2) is 42.7 Å². The van der Waals surface area contributed by atoms with E-state index < -0.39 is 0 Å². The van der Waals surface area contributed by atoms with Crippen LogP contribution in [0.1, 0.15) is 16.8 Å². The highest BCUT2D eigenvalue weighted by atomic mass is 16.5. The summed E-state index contributed by atoms with van der Waals surface area (Å²) >= 11 is 0. The largest absolute Gasteiger partial charge is 0.497 e. The molecule has 1 aromatic carbocycles. The zero-order chi connectivity index (χ0) is 15.4. The minimum absolute atomic E-state index is 0.829. The van der Waals surface area contributed by atoms with Gasteiger partial charge < -0.3 is 4.74 Å². The third-order valence-corrected chi connectivity index (χ3v) is 3.43. The quantitative estimate of drug-likeness (QED) is 0.801. The fourth-order valence-electron chi connectivity index (χ4n) is 2.15. The van der Waals surface area contributed by atoms with Gasteiger partial charge in [0.15, 0.2) is 0 Å². The fraction of sp³-hybridized carbons (Fsp3) is 0.118. The van der Waals surface area contributed by atoms with Crippen molar-refractivity contribution in [1.82, 2.24) is 20.4 Å². The Hall–Kier alpha value is -2.95.